The number of ketones is 1. The molecule has 0 aliphatic rings. The maximum absolute atomic E-state index is 13.6. The van der Waals surface area contributed by atoms with Crippen molar-refractivity contribution in [3.63, 3.8) is 0 Å². The number of carbonyl (C=O) groups is 1. The number of para-hydroxylation sites is 1. The van der Waals surface area contributed by atoms with Crippen molar-refractivity contribution in [2.75, 3.05) is 0 Å². The highest BCUT2D eigenvalue weighted by Crippen LogP contribution is 2.16. The molecular weight excluding hydrogens is 272 g/mol. The summed E-state index contributed by atoms with van der Waals surface area (Å²) in [5.41, 5.74) is 1.05. The number of hydrogen-bond acceptors (Lipinski definition) is 2. The molecule has 0 radical (unpaired) electrons. The molecule has 1 aromatic heterocycles. The summed E-state index contributed by atoms with van der Waals surface area (Å²) in [6, 6.07) is 14.7. The Morgan fingerprint density at radius 1 is 0.952 bits per heavy atom. The molecule has 0 atom stereocenters. The molecule has 0 aliphatic heterocycles. The fourth-order valence-corrected chi connectivity index (χ4v) is 2.19. The van der Waals surface area contributed by atoms with Crippen molar-refractivity contribution in [2.45, 2.75) is 6.42 Å². The average molecular weight is 283 g/mol. The van der Waals surface area contributed by atoms with Crippen LogP contribution in [0.4, 0.5) is 8.78 Å². The molecule has 2 aromatic carbocycles. The lowest BCUT2D eigenvalue weighted by Crippen LogP contribution is -2.08. The Labute approximate surface area is 120 Å². The Kier molecular flexibility index (Phi) is 3.44. The molecule has 21 heavy (non-hydrogen) atoms. The normalized spacial score (nSPS) is 10.8. The van der Waals surface area contributed by atoms with Gasteiger partial charge in [0.05, 0.1) is 17.5 Å². The van der Waals surface area contributed by atoms with Gasteiger partial charge in [-0.05, 0) is 24.3 Å². The largest absolute Gasteiger partial charge is 0.294 e. The molecule has 0 N–H and O–H groups in total. The lowest BCUT2D eigenvalue weighted by Gasteiger charge is -2.04. The van der Waals surface area contributed by atoms with Crippen molar-refractivity contribution in [3.8, 4) is 0 Å². The van der Waals surface area contributed by atoms with Crippen LogP contribution in [0.15, 0.2) is 54.6 Å². The zero-order valence-corrected chi connectivity index (χ0v) is 11.0. The zero-order chi connectivity index (χ0) is 14.8. The molecule has 0 bridgehead atoms. The second kappa shape index (κ2) is 5.40. The van der Waals surface area contributed by atoms with E-state index in [1.807, 2.05) is 30.3 Å². The van der Waals surface area contributed by atoms with E-state index >= 15 is 0 Å². The molecule has 0 spiro atoms. The summed E-state index contributed by atoms with van der Waals surface area (Å²) < 4.78 is 26.7. The monoisotopic (exact) mass is 283 g/mol. The predicted molar refractivity (Wildman–Crippen MR) is 76.1 cm³/mol. The van der Waals surface area contributed by atoms with E-state index in [1.54, 1.807) is 6.07 Å². The van der Waals surface area contributed by atoms with Crippen molar-refractivity contribution in [1.82, 2.24) is 4.98 Å². The standard InChI is InChI=1S/C17H11F2NO/c18-14-6-3-5-13(17(14)19)16(21)10-12-9-8-11-4-1-2-7-15(11)20-12/h1-9H,10H2. The van der Waals surface area contributed by atoms with Crippen molar-refractivity contribution in [3.05, 3.63) is 77.5 Å². The molecule has 1 heterocycles. The Balaban J connectivity index is 1.91. The molecule has 104 valence electrons. The highest BCUT2D eigenvalue weighted by Gasteiger charge is 2.16. The van der Waals surface area contributed by atoms with E-state index < -0.39 is 17.4 Å². The van der Waals surface area contributed by atoms with Gasteiger partial charge in [0.2, 0.25) is 0 Å². The topological polar surface area (TPSA) is 30.0 Å². The summed E-state index contributed by atoms with van der Waals surface area (Å²) in [6.07, 6.45) is -0.0643. The van der Waals surface area contributed by atoms with Gasteiger partial charge >= 0.3 is 0 Å². The third kappa shape index (κ3) is 2.65. The first-order chi connectivity index (χ1) is 10.1. The van der Waals surface area contributed by atoms with E-state index in [0.717, 1.165) is 17.0 Å². The van der Waals surface area contributed by atoms with Gasteiger partial charge in [-0.15, -0.1) is 0 Å². The van der Waals surface area contributed by atoms with Gasteiger partial charge in [0, 0.05) is 11.1 Å². The number of hydrogen-bond donors (Lipinski definition) is 0. The van der Waals surface area contributed by atoms with E-state index in [0.29, 0.717) is 5.69 Å². The third-order valence-electron chi connectivity index (χ3n) is 3.25. The second-order valence-corrected chi connectivity index (χ2v) is 4.70. The number of Topliss-reactive ketones (excluding diaryl/α,β-unsaturated/α-hetero) is 1. The van der Waals surface area contributed by atoms with Crippen LogP contribution in [0.2, 0.25) is 0 Å². The number of halogens is 2. The average Bonchev–Trinajstić information content (AvgIpc) is 2.50. The molecule has 0 saturated carbocycles. The fraction of sp³-hybridized carbons (Fsp3) is 0.0588. The Morgan fingerprint density at radius 3 is 2.62 bits per heavy atom. The molecule has 3 rings (SSSR count). The van der Waals surface area contributed by atoms with Crippen LogP contribution in [-0.2, 0) is 6.42 Å². The molecule has 4 heteroatoms. The van der Waals surface area contributed by atoms with Crippen LogP contribution in [-0.4, -0.2) is 10.8 Å². The van der Waals surface area contributed by atoms with Crippen LogP contribution in [0.5, 0.6) is 0 Å². The second-order valence-electron chi connectivity index (χ2n) is 4.70. The van der Waals surface area contributed by atoms with E-state index in [2.05, 4.69) is 4.98 Å². The van der Waals surface area contributed by atoms with E-state index in [9.17, 15) is 13.6 Å². The van der Waals surface area contributed by atoms with Gasteiger partial charge in [-0.25, -0.2) is 8.78 Å². The summed E-state index contributed by atoms with van der Waals surface area (Å²) in [5, 5.41) is 0.964. The molecule has 0 aliphatic carbocycles. The van der Waals surface area contributed by atoms with Gasteiger partial charge in [-0.2, -0.15) is 0 Å². The predicted octanol–water partition coefficient (Wildman–Crippen LogP) is 3.94. The first kappa shape index (κ1) is 13.4. The molecule has 2 nitrogen and oxygen atoms in total. The van der Waals surface area contributed by atoms with Crippen LogP contribution in [0.3, 0.4) is 0 Å². The summed E-state index contributed by atoms with van der Waals surface area (Å²) in [7, 11) is 0. The van der Waals surface area contributed by atoms with Gasteiger partial charge in [0.25, 0.3) is 0 Å². The Hall–Kier alpha value is -2.62. The minimum absolute atomic E-state index is 0.0643. The number of carbonyl (C=O) groups excluding carboxylic acids is 1. The van der Waals surface area contributed by atoms with E-state index in [-0.39, 0.29) is 12.0 Å². The van der Waals surface area contributed by atoms with Crippen LogP contribution >= 0.6 is 0 Å². The van der Waals surface area contributed by atoms with Crippen molar-refractivity contribution >= 4 is 16.7 Å². The van der Waals surface area contributed by atoms with E-state index in [1.165, 1.54) is 12.1 Å². The summed E-state index contributed by atoms with van der Waals surface area (Å²) >= 11 is 0. The number of benzene rings is 2. The maximum Gasteiger partial charge on any atom is 0.171 e. The highest BCUT2D eigenvalue weighted by atomic mass is 19.2. The molecule has 3 aromatic rings. The maximum atomic E-state index is 13.6. The van der Waals surface area contributed by atoms with Crippen LogP contribution in [0, 0.1) is 11.6 Å². The SMILES string of the molecule is O=C(Cc1ccc2ccccc2n1)c1cccc(F)c1F. The molecule has 0 fully saturated rings. The smallest absolute Gasteiger partial charge is 0.171 e. The fourth-order valence-electron chi connectivity index (χ4n) is 2.19. The lowest BCUT2D eigenvalue weighted by atomic mass is 10.0. The summed E-state index contributed by atoms with van der Waals surface area (Å²) in [4.78, 5) is 16.4. The van der Waals surface area contributed by atoms with Gasteiger partial charge in [-0.3, -0.25) is 9.78 Å². The first-order valence-electron chi connectivity index (χ1n) is 6.47. The van der Waals surface area contributed by atoms with Crippen LogP contribution < -0.4 is 0 Å². The number of aromatic nitrogens is 1. The van der Waals surface area contributed by atoms with E-state index in [4.69, 9.17) is 0 Å². The van der Waals surface area contributed by atoms with Gasteiger partial charge in [0.15, 0.2) is 17.4 Å². The van der Waals surface area contributed by atoms with Crippen molar-refractivity contribution in [1.29, 1.82) is 0 Å². The first-order valence-corrected chi connectivity index (χ1v) is 6.47. The Bertz CT molecular complexity index is 830. The quantitative estimate of drug-likeness (QED) is 0.681. The summed E-state index contributed by atoms with van der Waals surface area (Å²) in [6.45, 7) is 0. The number of nitrogens with zero attached hydrogens (tertiary/aromatic N) is 1. The molecular formula is C17H11F2NO. The highest BCUT2D eigenvalue weighted by molar-refractivity contribution is 5.97. The van der Waals surface area contributed by atoms with Crippen molar-refractivity contribution < 1.29 is 13.6 Å². The minimum Gasteiger partial charge on any atom is -0.294 e. The minimum atomic E-state index is -1.11. The van der Waals surface area contributed by atoms with Crippen molar-refractivity contribution in [2.24, 2.45) is 0 Å². The molecule has 0 saturated heterocycles. The zero-order valence-electron chi connectivity index (χ0n) is 11.0. The molecule has 0 unspecified atom stereocenters. The number of fused-ring (bicyclic) bond motifs is 1. The third-order valence-corrected chi connectivity index (χ3v) is 3.25. The van der Waals surface area contributed by atoms with Crippen LogP contribution in [0.1, 0.15) is 16.1 Å². The lowest BCUT2D eigenvalue weighted by molar-refractivity contribution is 0.0987. The van der Waals surface area contributed by atoms with Crippen LogP contribution in [0.25, 0.3) is 10.9 Å². The van der Waals surface area contributed by atoms with Gasteiger partial charge in [-0.1, -0.05) is 30.3 Å². The number of pyridine rings is 1. The Morgan fingerprint density at radius 2 is 1.76 bits per heavy atom. The molecule has 0 amide bonds. The number of rotatable bonds is 3. The van der Waals surface area contributed by atoms with Gasteiger partial charge < -0.3 is 0 Å². The summed E-state index contributed by atoms with van der Waals surface area (Å²) in [5.74, 6) is -2.62. The van der Waals surface area contributed by atoms with Gasteiger partial charge in [0.1, 0.15) is 0 Å².